The second kappa shape index (κ2) is 36.1. The number of para-hydroxylation sites is 1. The van der Waals surface area contributed by atoms with E-state index >= 15 is 0 Å². The van der Waals surface area contributed by atoms with E-state index in [0.29, 0.717) is 5.75 Å². The molecule has 0 aromatic heterocycles. The van der Waals surface area contributed by atoms with Crippen molar-refractivity contribution in [3.05, 3.63) is 30.3 Å². The Bertz CT molecular complexity index is 421. The molecule has 0 saturated carbocycles. The number of benzene rings is 1. The van der Waals surface area contributed by atoms with Gasteiger partial charge < -0.3 is 9.84 Å². The molecule has 1 N–H and O–H groups in total. The van der Waals surface area contributed by atoms with Crippen LogP contribution in [0, 0.1) is 0 Å². The zero-order chi connectivity index (χ0) is 23.4. The average Bonchev–Trinajstić information content (AvgIpc) is 2.81. The van der Waals surface area contributed by atoms with Crippen molar-refractivity contribution in [2.24, 2.45) is 0 Å². The Kier molecular flexibility index (Phi) is 42.0. The molecule has 0 spiro atoms. The summed E-state index contributed by atoms with van der Waals surface area (Å²) in [5, 5.41) is 8.63. The van der Waals surface area contributed by atoms with Gasteiger partial charge in [0, 0.05) is 13.2 Å². The Morgan fingerprint density at radius 3 is 1.03 bits per heavy atom. The first-order valence-corrected chi connectivity index (χ1v) is 14.1. The summed E-state index contributed by atoms with van der Waals surface area (Å²) in [5.74, 6) is 0.322. The van der Waals surface area contributed by atoms with E-state index in [1.165, 1.54) is 128 Å². The molecule has 1 rings (SSSR count). The van der Waals surface area contributed by atoms with Crippen molar-refractivity contribution >= 4 is 59.1 Å². The van der Waals surface area contributed by atoms with E-state index in [1.54, 1.807) is 24.3 Å². The number of aromatic hydroxyl groups is 1. The van der Waals surface area contributed by atoms with Crippen LogP contribution >= 0.6 is 0 Å². The summed E-state index contributed by atoms with van der Waals surface area (Å²) in [6.07, 6.45) is 28.2. The van der Waals surface area contributed by atoms with E-state index in [9.17, 15) is 0 Å². The van der Waals surface area contributed by atoms with Gasteiger partial charge in [0.25, 0.3) is 0 Å². The van der Waals surface area contributed by atoms with E-state index in [1.807, 2.05) is 6.07 Å². The number of hydrogen-bond acceptors (Lipinski definition) is 2. The first-order chi connectivity index (χ1) is 15.8. The first-order valence-electron chi connectivity index (χ1n) is 14.1. The van der Waals surface area contributed by atoms with Gasteiger partial charge in [-0.3, -0.25) is 0 Å². The topological polar surface area (TPSA) is 29.5 Å². The molecule has 2 nitrogen and oxygen atoms in total. The second-order valence-electron chi connectivity index (χ2n) is 9.31. The van der Waals surface area contributed by atoms with Gasteiger partial charge in [-0.15, -0.1) is 0 Å². The van der Waals surface area contributed by atoms with Crippen LogP contribution in [0.25, 0.3) is 0 Å². The Hall–Kier alpha value is 0.980. The average molecular weight is 497 g/mol. The quantitative estimate of drug-likeness (QED) is 0.128. The molecule has 192 valence electrons. The second-order valence-corrected chi connectivity index (χ2v) is 9.31. The fourth-order valence-corrected chi connectivity index (χ4v) is 3.91. The van der Waals surface area contributed by atoms with Crippen molar-refractivity contribution in [2.45, 2.75) is 142 Å². The van der Waals surface area contributed by atoms with Crippen LogP contribution in [-0.4, -0.2) is 77.4 Å². The van der Waals surface area contributed by atoms with Gasteiger partial charge in [-0.1, -0.05) is 148 Å². The van der Waals surface area contributed by atoms with Gasteiger partial charge in [-0.2, -0.15) is 0 Å². The third-order valence-electron chi connectivity index (χ3n) is 6.04. The maximum absolute atomic E-state index is 8.63. The van der Waals surface area contributed by atoms with Crippen molar-refractivity contribution in [1.82, 2.24) is 0 Å². The van der Waals surface area contributed by atoms with Gasteiger partial charge in [-0.25, -0.2) is 0 Å². The van der Waals surface area contributed by atoms with Gasteiger partial charge >= 0.3 is 59.1 Å². The molecule has 34 heavy (non-hydrogen) atoms. The Morgan fingerprint density at radius 1 is 0.471 bits per heavy atom. The predicted octanol–water partition coefficient (Wildman–Crippen LogP) is 8.94. The number of unbranched alkanes of at least 4 members (excludes halogenated alkanes) is 18. The van der Waals surface area contributed by atoms with Crippen LogP contribution in [0.5, 0.6) is 5.75 Å². The molecule has 0 bridgehead atoms. The zero-order valence-corrected chi connectivity index (χ0v) is 21.8. The van der Waals surface area contributed by atoms with Crippen molar-refractivity contribution in [3.8, 4) is 5.75 Å². The number of phenolic OH excluding ortho intramolecular Hbond substituents is 1. The van der Waals surface area contributed by atoms with Crippen LogP contribution in [0.4, 0.5) is 0 Å². The molecule has 0 amide bonds. The van der Waals surface area contributed by atoms with Gasteiger partial charge in [0.15, 0.2) is 0 Å². The van der Waals surface area contributed by atoms with Crippen LogP contribution < -0.4 is 0 Å². The Morgan fingerprint density at radius 2 is 0.765 bits per heavy atom. The third kappa shape index (κ3) is 35.1. The number of rotatable bonds is 22. The molecule has 4 heteroatoms. The molecule has 0 unspecified atom stereocenters. The fraction of sp³-hybridized carbons (Fsp3) is 0.800. The summed E-state index contributed by atoms with van der Waals surface area (Å²) in [4.78, 5) is 0. The van der Waals surface area contributed by atoms with Crippen LogP contribution in [0.2, 0.25) is 0 Å². The molecule has 1 aromatic carbocycles. The molecule has 0 radical (unpaired) electrons. The fourth-order valence-electron chi connectivity index (χ4n) is 3.91. The van der Waals surface area contributed by atoms with Gasteiger partial charge in [-0.05, 0) is 25.0 Å². The summed E-state index contributed by atoms with van der Waals surface area (Å²) in [6, 6.07) is 8.71. The monoisotopic (exact) mass is 496 g/mol. The molecule has 0 aliphatic rings. The number of phenols is 1. The standard InChI is InChI=1S/C24H50O.C6H6O.2Na.2H/c1-3-5-7-9-11-13-15-17-19-21-23-25-24-22-20-18-16-14-12-10-8-6-4-2;7-6-4-2-1-3-5-6;;;;/h3-24H2,1-2H3;1-5,7H;;;;. The molecule has 0 saturated heterocycles. The summed E-state index contributed by atoms with van der Waals surface area (Å²) in [7, 11) is 0. The van der Waals surface area contributed by atoms with Crippen molar-refractivity contribution < 1.29 is 9.84 Å². The van der Waals surface area contributed by atoms with Gasteiger partial charge in [0.05, 0.1) is 0 Å². The third-order valence-corrected chi connectivity index (χ3v) is 6.04. The van der Waals surface area contributed by atoms with E-state index in [0.717, 1.165) is 13.2 Å². The predicted molar refractivity (Wildman–Crippen MR) is 157 cm³/mol. The summed E-state index contributed by atoms with van der Waals surface area (Å²) in [5.41, 5.74) is 0. The molecular formula is C30H58Na2O2. The van der Waals surface area contributed by atoms with E-state index < -0.39 is 0 Å². The Labute approximate surface area is 258 Å². The van der Waals surface area contributed by atoms with E-state index in [2.05, 4.69) is 13.8 Å². The van der Waals surface area contributed by atoms with Crippen LogP contribution in [-0.2, 0) is 4.74 Å². The molecule has 1 aromatic rings. The maximum atomic E-state index is 8.63. The number of ether oxygens (including phenoxy) is 1. The van der Waals surface area contributed by atoms with Gasteiger partial charge in [0.2, 0.25) is 0 Å². The molecule has 0 aliphatic heterocycles. The molecule has 0 heterocycles. The van der Waals surface area contributed by atoms with E-state index in [4.69, 9.17) is 9.84 Å². The van der Waals surface area contributed by atoms with Crippen molar-refractivity contribution in [1.29, 1.82) is 0 Å². The molecule has 0 aliphatic carbocycles. The zero-order valence-electron chi connectivity index (χ0n) is 21.8. The van der Waals surface area contributed by atoms with E-state index in [-0.39, 0.29) is 59.1 Å². The Balaban J connectivity index is -0.000000907. The van der Waals surface area contributed by atoms with Crippen LogP contribution in [0.3, 0.4) is 0 Å². The van der Waals surface area contributed by atoms with Crippen molar-refractivity contribution in [2.75, 3.05) is 13.2 Å². The SMILES string of the molecule is CCCCCCCCCCCCOCCCCCCCCCCCC.Oc1ccccc1.[NaH].[NaH]. The first kappa shape index (κ1) is 39.5. The minimum absolute atomic E-state index is 0. The number of hydrogen-bond donors (Lipinski definition) is 1. The normalized spacial score (nSPS) is 10.1. The molecular weight excluding hydrogens is 438 g/mol. The summed E-state index contributed by atoms with van der Waals surface area (Å²) < 4.78 is 5.78. The molecule has 0 fully saturated rings. The molecule has 0 atom stereocenters. The minimum atomic E-state index is 0. The summed E-state index contributed by atoms with van der Waals surface area (Å²) in [6.45, 7) is 6.57. The summed E-state index contributed by atoms with van der Waals surface area (Å²) >= 11 is 0. The van der Waals surface area contributed by atoms with Crippen LogP contribution in [0.15, 0.2) is 30.3 Å². The van der Waals surface area contributed by atoms with Crippen molar-refractivity contribution in [3.63, 3.8) is 0 Å². The van der Waals surface area contributed by atoms with Gasteiger partial charge in [0.1, 0.15) is 5.75 Å². The van der Waals surface area contributed by atoms with Crippen LogP contribution in [0.1, 0.15) is 142 Å².